The van der Waals surface area contributed by atoms with E-state index in [1.54, 1.807) is 20.8 Å². The van der Waals surface area contributed by atoms with E-state index in [0.29, 0.717) is 24.8 Å². The van der Waals surface area contributed by atoms with E-state index in [0.717, 1.165) is 5.57 Å². The van der Waals surface area contributed by atoms with Crippen molar-refractivity contribution in [2.24, 2.45) is 23.2 Å². The summed E-state index contributed by atoms with van der Waals surface area (Å²) in [6.45, 7) is 15.5. The van der Waals surface area contributed by atoms with Crippen LogP contribution in [0, 0.1) is 23.2 Å². The molecule has 0 aromatic carbocycles. The first-order valence-corrected chi connectivity index (χ1v) is 8.98. The fraction of sp³-hybridized carbons (Fsp3) is 0.700. The Bertz CT molecular complexity index is 646. The van der Waals surface area contributed by atoms with E-state index in [1.807, 2.05) is 6.92 Å². The normalized spacial score (nSPS) is 43.5. The molecule has 2 saturated carbocycles. The summed E-state index contributed by atoms with van der Waals surface area (Å²) < 4.78 is 11.2. The Morgan fingerprint density at radius 3 is 2.56 bits per heavy atom. The maximum atomic E-state index is 12.2. The second-order valence-electron chi connectivity index (χ2n) is 8.65. The fourth-order valence-corrected chi connectivity index (χ4v) is 4.90. The molecule has 0 radical (unpaired) electrons. The molecule has 6 atom stereocenters. The van der Waals surface area contributed by atoms with Gasteiger partial charge in [-0.3, -0.25) is 4.79 Å². The molecule has 3 fully saturated rings. The van der Waals surface area contributed by atoms with Gasteiger partial charge in [-0.1, -0.05) is 39.5 Å². The first-order chi connectivity index (χ1) is 11.5. The van der Waals surface area contributed by atoms with Gasteiger partial charge in [0.15, 0.2) is 0 Å². The van der Waals surface area contributed by atoms with Gasteiger partial charge in [0, 0.05) is 35.7 Å². The van der Waals surface area contributed by atoms with Crippen LogP contribution in [0.4, 0.5) is 0 Å². The zero-order valence-corrected chi connectivity index (χ0v) is 15.5. The summed E-state index contributed by atoms with van der Waals surface area (Å²) in [6.07, 6.45) is 0.748. The molecule has 3 rings (SSSR count). The van der Waals surface area contributed by atoms with Gasteiger partial charge in [0.25, 0.3) is 0 Å². The number of fused-ring (bicyclic) bond motifs is 2. The van der Waals surface area contributed by atoms with Crippen LogP contribution in [-0.2, 0) is 19.1 Å². The molecule has 1 N–H and O–H groups in total. The predicted octanol–water partition coefficient (Wildman–Crippen LogP) is 2.78. The SMILES string of the molecule is C=C1C(=O)O[C@@H]2CC(=C)[C@H]3[C@@H](OC(=O)C(C)C)C[C@@](C)(O)[C@]3(C)C[C@H]12. The fourth-order valence-electron chi connectivity index (χ4n) is 4.90. The van der Waals surface area contributed by atoms with E-state index < -0.39 is 17.1 Å². The monoisotopic (exact) mass is 348 g/mol. The van der Waals surface area contributed by atoms with E-state index in [-0.39, 0.29) is 35.8 Å². The summed E-state index contributed by atoms with van der Waals surface area (Å²) in [4.78, 5) is 24.1. The van der Waals surface area contributed by atoms with Crippen molar-refractivity contribution in [3.8, 4) is 0 Å². The molecule has 1 aliphatic heterocycles. The van der Waals surface area contributed by atoms with Crippen molar-refractivity contribution in [3.05, 3.63) is 24.3 Å². The van der Waals surface area contributed by atoms with Crippen LogP contribution in [0.15, 0.2) is 24.3 Å². The highest BCUT2D eigenvalue weighted by Crippen LogP contribution is 2.61. The highest BCUT2D eigenvalue weighted by molar-refractivity contribution is 5.90. The Hall–Kier alpha value is -1.62. The lowest BCUT2D eigenvalue weighted by atomic mass is 9.65. The molecule has 2 aliphatic carbocycles. The number of hydrogen-bond acceptors (Lipinski definition) is 5. The molecule has 1 heterocycles. The minimum absolute atomic E-state index is 0.134. The summed E-state index contributed by atoms with van der Waals surface area (Å²) in [6, 6.07) is 0. The Balaban J connectivity index is 1.97. The Morgan fingerprint density at radius 1 is 1.32 bits per heavy atom. The highest BCUT2D eigenvalue weighted by atomic mass is 16.6. The van der Waals surface area contributed by atoms with E-state index in [4.69, 9.17) is 9.47 Å². The quantitative estimate of drug-likeness (QED) is 0.472. The zero-order chi connectivity index (χ0) is 18.7. The summed E-state index contributed by atoms with van der Waals surface area (Å²) in [5.74, 6) is -1.15. The van der Waals surface area contributed by atoms with Gasteiger partial charge in [-0.15, -0.1) is 0 Å². The maximum absolute atomic E-state index is 12.2. The lowest BCUT2D eigenvalue weighted by Gasteiger charge is -2.41. The third-order valence-corrected chi connectivity index (χ3v) is 6.59. The largest absolute Gasteiger partial charge is 0.461 e. The number of hydrogen-bond donors (Lipinski definition) is 1. The highest BCUT2D eigenvalue weighted by Gasteiger charge is 2.64. The Kier molecular flexibility index (Phi) is 4.14. The third kappa shape index (κ3) is 2.64. The molecule has 5 nitrogen and oxygen atoms in total. The minimum atomic E-state index is -1.04. The van der Waals surface area contributed by atoms with E-state index >= 15 is 0 Å². The number of esters is 2. The average Bonchev–Trinajstić information content (AvgIpc) is 2.79. The number of carbonyl (C=O) groups is 2. The van der Waals surface area contributed by atoms with Crippen LogP contribution in [0.1, 0.15) is 47.0 Å². The van der Waals surface area contributed by atoms with Gasteiger partial charge in [0.2, 0.25) is 0 Å². The van der Waals surface area contributed by atoms with Crippen LogP contribution < -0.4 is 0 Å². The van der Waals surface area contributed by atoms with Crippen LogP contribution in [-0.4, -0.2) is 34.9 Å². The number of carbonyl (C=O) groups excluding carboxylic acids is 2. The molecule has 0 aromatic rings. The van der Waals surface area contributed by atoms with Gasteiger partial charge >= 0.3 is 11.9 Å². The lowest BCUT2D eigenvalue weighted by molar-refractivity contribution is -0.154. The number of aliphatic hydroxyl groups is 1. The van der Waals surface area contributed by atoms with Crippen molar-refractivity contribution in [1.82, 2.24) is 0 Å². The van der Waals surface area contributed by atoms with Gasteiger partial charge in [0.1, 0.15) is 12.2 Å². The molecule has 138 valence electrons. The van der Waals surface area contributed by atoms with Gasteiger partial charge in [0.05, 0.1) is 11.5 Å². The van der Waals surface area contributed by atoms with Crippen molar-refractivity contribution in [2.75, 3.05) is 0 Å². The second kappa shape index (κ2) is 5.70. The summed E-state index contributed by atoms with van der Waals surface area (Å²) in [7, 11) is 0. The maximum Gasteiger partial charge on any atom is 0.334 e. The smallest absolute Gasteiger partial charge is 0.334 e. The van der Waals surface area contributed by atoms with E-state index in [2.05, 4.69) is 13.2 Å². The predicted molar refractivity (Wildman–Crippen MR) is 92.4 cm³/mol. The summed E-state index contributed by atoms with van der Waals surface area (Å²) in [5, 5.41) is 11.2. The van der Waals surface area contributed by atoms with Crippen molar-refractivity contribution in [1.29, 1.82) is 0 Å². The van der Waals surface area contributed by atoms with E-state index in [9.17, 15) is 14.7 Å². The average molecular weight is 348 g/mol. The topological polar surface area (TPSA) is 72.8 Å². The molecule has 0 aromatic heterocycles. The summed E-state index contributed by atoms with van der Waals surface area (Å²) in [5.41, 5.74) is -0.263. The molecule has 5 heteroatoms. The van der Waals surface area contributed by atoms with Gasteiger partial charge in [-0.05, 0) is 13.3 Å². The molecular weight excluding hydrogens is 320 g/mol. The van der Waals surface area contributed by atoms with Crippen LogP contribution in [0.3, 0.4) is 0 Å². The van der Waals surface area contributed by atoms with Crippen molar-refractivity contribution in [2.45, 2.75) is 64.8 Å². The van der Waals surface area contributed by atoms with Crippen molar-refractivity contribution < 1.29 is 24.2 Å². The molecule has 0 amide bonds. The first kappa shape index (κ1) is 18.2. The Labute approximate surface area is 149 Å². The first-order valence-electron chi connectivity index (χ1n) is 8.98. The van der Waals surface area contributed by atoms with Gasteiger partial charge in [-0.2, -0.15) is 0 Å². The molecular formula is C20H28O5. The van der Waals surface area contributed by atoms with E-state index in [1.165, 1.54) is 0 Å². The van der Waals surface area contributed by atoms with Crippen LogP contribution in [0.5, 0.6) is 0 Å². The Morgan fingerprint density at radius 2 is 1.96 bits per heavy atom. The number of rotatable bonds is 2. The zero-order valence-electron chi connectivity index (χ0n) is 15.5. The summed E-state index contributed by atoms with van der Waals surface area (Å²) >= 11 is 0. The second-order valence-corrected chi connectivity index (χ2v) is 8.65. The molecule has 0 unspecified atom stereocenters. The lowest BCUT2D eigenvalue weighted by Crippen LogP contribution is -2.44. The van der Waals surface area contributed by atoms with Crippen molar-refractivity contribution in [3.63, 3.8) is 0 Å². The molecule has 25 heavy (non-hydrogen) atoms. The third-order valence-electron chi connectivity index (χ3n) is 6.59. The minimum Gasteiger partial charge on any atom is -0.461 e. The van der Waals surface area contributed by atoms with Gasteiger partial charge < -0.3 is 14.6 Å². The standard InChI is InChI=1S/C20H28O5/c1-10(2)17(21)25-15-9-20(6,23)19(5)8-13-12(4)18(22)24-14(13)7-11(3)16(15)19/h10,13-16,23H,3-4,7-9H2,1-2,5-6H3/t13-,14-,15+,16+,19-,20-/m1/s1. The van der Waals surface area contributed by atoms with Crippen LogP contribution in [0.2, 0.25) is 0 Å². The van der Waals surface area contributed by atoms with Crippen molar-refractivity contribution >= 4 is 11.9 Å². The van der Waals surface area contributed by atoms with Gasteiger partial charge in [-0.25, -0.2) is 4.79 Å². The van der Waals surface area contributed by atoms with Crippen LogP contribution in [0.25, 0.3) is 0 Å². The van der Waals surface area contributed by atoms with Crippen LogP contribution >= 0.6 is 0 Å². The molecule has 0 bridgehead atoms. The molecule has 3 aliphatic rings. The molecule has 1 saturated heterocycles. The molecule has 0 spiro atoms. The number of ether oxygens (including phenoxy) is 2.